The van der Waals surface area contributed by atoms with Crippen LogP contribution in [0.15, 0.2) is 197 Å². The summed E-state index contributed by atoms with van der Waals surface area (Å²) in [5.41, 5.74) is 11.4. The van der Waals surface area contributed by atoms with E-state index < -0.39 is 0 Å². The van der Waals surface area contributed by atoms with Crippen LogP contribution in [-0.4, -0.2) is 0 Å². The van der Waals surface area contributed by atoms with Gasteiger partial charge in [-0.1, -0.05) is 140 Å². The fourth-order valence-electron chi connectivity index (χ4n) is 8.24. The Morgan fingerprint density at radius 2 is 0.849 bits per heavy atom. The summed E-state index contributed by atoms with van der Waals surface area (Å²) >= 11 is 0. The average molecular weight is 678 g/mol. The van der Waals surface area contributed by atoms with Crippen LogP contribution in [0.1, 0.15) is 0 Å². The third-order valence-corrected chi connectivity index (χ3v) is 10.7. The third kappa shape index (κ3) is 4.61. The van der Waals surface area contributed by atoms with E-state index in [1.165, 1.54) is 5.39 Å². The van der Waals surface area contributed by atoms with Crippen molar-refractivity contribution in [2.45, 2.75) is 0 Å². The van der Waals surface area contributed by atoms with Gasteiger partial charge in [-0.05, 0) is 76.0 Å². The van der Waals surface area contributed by atoms with Crippen molar-refractivity contribution in [1.82, 2.24) is 0 Å². The maximum atomic E-state index is 6.68. The summed E-state index contributed by atoms with van der Waals surface area (Å²) in [5.74, 6) is 0. The van der Waals surface area contributed by atoms with E-state index in [0.29, 0.717) is 0 Å². The fraction of sp³-hybridized carbons (Fsp3) is 0. The molecule has 2 aromatic heterocycles. The number of hydrogen-bond donors (Lipinski definition) is 0. The first-order chi connectivity index (χ1) is 26.3. The zero-order valence-electron chi connectivity index (χ0n) is 28.7. The molecule has 248 valence electrons. The molecule has 0 aliphatic heterocycles. The second kappa shape index (κ2) is 11.7. The summed E-state index contributed by atoms with van der Waals surface area (Å²) < 4.78 is 13.2. The lowest BCUT2D eigenvalue weighted by Crippen LogP contribution is -2.11. The molecule has 3 heteroatoms. The first-order valence-corrected chi connectivity index (χ1v) is 18.0. The third-order valence-electron chi connectivity index (χ3n) is 10.7. The van der Waals surface area contributed by atoms with Crippen LogP contribution in [0.3, 0.4) is 0 Å². The Balaban J connectivity index is 1.13. The lowest BCUT2D eigenvalue weighted by molar-refractivity contribution is 0.672. The van der Waals surface area contributed by atoms with E-state index >= 15 is 0 Å². The lowest BCUT2D eigenvalue weighted by Gasteiger charge is -2.28. The van der Waals surface area contributed by atoms with Crippen LogP contribution in [-0.2, 0) is 0 Å². The molecule has 11 aromatic rings. The minimum absolute atomic E-state index is 0.860. The second-order valence-corrected chi connectivity index (χ2v) is 13.6. The summed E-state index contributed by atoms with van der Waals surface area (Å²) in [7, 11) is 0. The van der Waals surface area contributed by atoms with Crippen LogP contribution in [0.5, 0.6) is 0 Å². The van der Waals surface area contributed by atoms with Crippen molar-refractivity contribution in [3.63, 3.8) is 0 Å². The molecular formula is C50H31NO2. The predicted molar refractivity (Wildman–Crippen MR) is 222 cm³/mol. The van der Waals surface area contributed by atoms with Crippen LogP contribution < -0.4 is 4.90 Å². The van der Waals surface area contributed by atoms with Gasteiger partial charge >= 0.3 is 0 Å². The summed E-state index contributed by atoms with van der Waals surface area (Å²) in [5, 5.41) is 9.02. The maximum absolute atomic E-state index is 6.68. The van der Waals surface area contributed by atoms with Crippen molar-refractivity contribution < 1.29 is 8.83 Å². The van der Waals surface area contributed by atoms with Crippen LogP contribution in [0.4, 0.5) is 17.1 Å². The molecule has 0 saturated carbocycles. The number of fused-ring (bicyclic) bond motifs is 10. The molecule has 2 heterocycles. The highest BCUT2D eigenvalue weighted by molar-refractivity contribution is 6.21. The summed E-state index contributed by atoms with van der Waals surface area (Å²) in [6.07, 6.45) is 0. The molecule has 0 spiro atoms. The van der Waals surface area contributed by atoms with Crippen molar-refractivity contribution in [3.8, 4) is 22.3 Å². The van der Waals surface area contributed by atoms with Gasteiger partial charge in [0, 0.05) is 38.2 Å². The average Bonchev–Trinajstić information content (AvgIpc) is 3.82. The van der Waals surface area contributed by atoms with Gasteiger partial charge in [0.15, 0.2) is 0 Å². The molecule has 0 saturated heterocycles. The minimum atomic E-state index is 0.860. The second-order valence-electron chi connectivity index (χ2n) is 13.6. The summed E-state index contributed by atoms with van der Waals surface area (Å²) in [6, 6.07) is 66.7. The number of rotatable bonds is 5. The standard InChI is InChI=1S/C50H31NO2/c1-2-12-32(13-3-1)37-16-8-9-20-43(37)51(44-21-11-23-46-48(44)42-31-27-34-15-5-7-18-40(34)50(42)53-46)36-28-24-35(25-29-36)38-19-10-22-45-47(38)41-30-26-33-14-4-6-17-39(33)49(41)52-45/h1-31H. The Labute approximate surface area is 305 Å². The van der Waals surface area contributed by atoms with Crippen molar-refractivity contribution >= 4 is 82.5 Å². The van der Waals surface area contributed by atoms with Gasteiger partial charge in [0.25, 0.3) is 0 Å². The SMILES string of the molecule is c1ccc(-c2ccccc2N(c2ccc(-c3cccc4oc5c6ccccc6ccc5c34)cc2)c2cccc3oc4c5ccccc5ccc4c23)cc1. The first-order valence-electron chi connectivity index (χ1n) is 18.0. The highest BCUT2D eigenvalue weighted by Crippen LogP contribution is 2.47. The maximum Gasteiger partial charge on any atom is 0.143 e. The minimum Gasteiger partial charge on any atom is -0.455 e. The number of benzene rings is 9. The van der Waals surface area contributed by atoms with Gasteiger partial charge in [-0.2, -0.15) is 0 Å². The van der Waals surface area contributed by atoms with Crippen LogP contribution >= 0.6 is 0 Å². The lowest BCUT2D eigenvalue weighted by atomic mass is 9.97. The zero-order valence-corrected chi connectivity index (χ0v) is 28.7. The predicted octanol–water partition coefficient (Wildman–Crippen LogP) is 14.6. The Morgan fingerprint density at radius 3 is 1.57 bits per heavy atom. The normalized spacial score (nSPS) is 11.8. The topological polar surface area (TPSA) is 29.5 Å². The van der Waals surface area contributed by atoms with Gasteiger partial charge in [-0.3, -0.25) is 0 Å². The van der Waals surface area contributed by atoms with Gasteiger partial charge in [0.2, 0.25) is 0 Å². The highest BCUT2D eigenvalue weighted by atomic mass is 16.3. The van der Waals surface area contributed by atoms with E-state index in [1.807, 2.05) is 0 Å². The molecule has 0 bridgehead atoms. The number of furan rings is 2. The van der Waals surface area contributed by atoms with E-state index in [1.54, 1.807) is 0 Å². The van der Waals surface area contributed by atoms with E-state index in [0.717, 1.165) is 99.4 Å². The molecule has 0 N–H and O–H groups in total. The van der Waals surface area contributed by atoms with Crippen LogP contribution in [0, 0.1) is 0 Å². The highest BCUT2D eigenvalue weighted by Gasteiger charge is 2.23. The molecule has 0 radical (unpaired) electrons. The fourth-order valence-corrected chi connectivity index (χ4v) is 8.24. The van der Waals surface area contributed by atoms with Gasteiger partial charge in [-0.25, -0.2) is 0 Å². The molecular weight excluding hydrogens is 647 g/mol. The van der Waals surface area contributed by atoms with Gasteiger partial charge in [-0.15, -0.1) is 0 Å². The quantitative estimate of drug-likeness (QED) is 0.182. The number of para-hydroxylation sites is 1. The van der Waals surface area contributed by atoms with Crippen molar-refractivity contribution in [1.29, 1.82) is 0 Å². The monoisotopic (exact) mass is 677 g/mol. The van der Waals surface area contributed by atoms with E-state index in [9.17, 15) is 0 Å². The Kier molecular flexibility index (Phi) is 6.55. The summed E-state index contributed by atoms with van der Waals surface area (Å²) in [4.78, 5) is 2.39. The smallest absolute Gasteiger partial charge is 0.143 e. The Hall–Kier alpha value is -7.10. The van der Waals surface area contributed by atoms with Gasteiger partial charge in [0.1, 0.15) is 22.3 Å². The number of anilines is 3. The number of hydrogen-bond acceptors (Lipinski definition) is 3. The Bertz CT molecular complexity index is 3170. The van der Waals surface area contributed by atoms with Crippen molar-refractivity contribution in [3.05, 3.63) is 188 Å². The molecule has 0 fully saturated rings. The van der Waals surface area contributed by atoms with Crippen LogP contribution in [0.25, 0.3) is 87.7 Å². The first kappa shape index (κ1) is 29.6. The molecule has 3 nitrogen and oxygen atoms in total. The van der Waals surface area contributed by atoms with Crippen LogP contribution in [0.2, 0.25) is 0 Å². The van der Waals surface area contributed by atoms with E-state index in [2.05, 4.69) is 193 Å². The Morgan fingerprint density at radius 1 is 0.321 bits per heavy atom. The molecule has 53 heavy (non-hydrogen) atoms. The molecule has 9 aromatic carbocycles. The van der Waals surface area contributed by atoms with E-state index in [4.69, 9.17) is 8.83 Å². The van der Waals surface area contributed by atoms with Crippen molar-refractivity contribution in [2.75, 3.05) is 4.90 Å². The largest absolute Gasteiger partial charge is 0.455 e. The molecule has 0 aliphatic carbocycles. The molecule has 0 aliphatic rings. The molecule has 0 atom stereocenters. The molecule has 11 rings (SSSR count). The van der Waals surface area contributed by atoms with Gasteiger partial charge in [0.05, 0.1) is 16.8 Å². The van der Waals surface area contributed by atoms with Gasteiger partial charge < -0.3 is 13.7 Å². The number of nitrogens with zero attached hydrogens (tertiary/aromatic N) is 1. The zero-order chi connectivity index (χ0) is 34.9. The van der Waals surface area contributed by atoms with Crippen molar-refractivity contribution in [2.24, 2.45) is 0 Å². The molecule has 0 amide bonds. The molecule has 0 unspecified atom stereocenters. The van der Waals surface area contributed by atoms with E-state index in [-0.39, 0.29) is 0 Å². The summed E-state index contributed by atoms with van der Waals surface area (Å²) in [6.45, 7) is 0.